The molecular formula is C16H11BrN4O. The lowest BCUT2D eigenvalue weighted by Crippen LogP contribution is -2.14. The smallest absolute Gasteiger partial charge is 0.282 e. The van der Waals surface area contributed by atoms with E-state index in [4.69, 9.17) is 0 Å². The summed E-state index contributed by atoms with van der Waals surface area (Å²) in [7, 11) is 0. The van der Waals surface area contributed by atoms with Crippen LogP contribution >= 0.6 is 15.9 Å². The van der Waals surface area contributed by atoms with Gasteiger partial charge in [-0.2, -0.15) is 9.78 Å². The Bertz CT molecular complexity index is 1030. The van der Waals surface area contributed by atoms with Crippen LogP contribution in [0.4, 0.5) is 0 Å². The number of aromatic nitrogens is 4. The number of benzene rings is 1. The molecule has 0 fully saturated rings. The van der Waals surface area contributed by atoms with E-state index in [0.29, 0.717) is 11.3 Å². The number of fused-ring (bicyclic) bond motifs is 3. The van der Waals surface area contributed by atoms with Crippen molar-refractivity contribution >= 4 is 26.8 Å². The molecule has 0 aliphatic carbocycles. The number of hydrogen-bond acceptors (Lipinski definition) is 3. The fraction of sp³-hybridized carbons (Fsp3) is 0.0625. The molecule has 0 amide bonds. The molecule has 2 aromatic rings. The molecule has 0 unspecified atom stereocenters. The van der Waals surface area contributed by atoms with Gasteiger partial charge in [0.2, 0.25) is 0 Å². The van der Waals surface area contributed by atoms with E-state index in [0.717, 1.165) is 26.8 Å². The second-order valence-electron chi connectivity index (χ2n) is 5.11. The van der Waals surface area contributed by atoms with Crippen LogP contribution in [0.15, 0.2) is 52.0 Å². The highest BCUT2D eigenvalue weighted by Gasteiger charge is 2.19. The molecule has 22 heavy (non-hydrogen) atoms. The summed E-state index contributed by atoms with van der Waals surface area (Å²) >= 11 is 3.45. The molecular weight excluding hydrogens is 344 g/mol. The molecule has 6 heteroatoms. The normalized spacial score (nSPS) is 11.4. The van der Waals surface area contributed by atoms with Gasteiger partial charge < -0.3 is 4.98 Å². The summed E-state index contributed by atoms with van der Waals surface area (Å²) in [6.45, 7) is 1.89. The van der Waals surface area contributed by atoms with Crippen molar-refractivity contribution in [1.29, 1.82) is 0 Å². The molecule has 1 N–H and O–H groups in total. The molecule has 0 spiro atoms. The third-order valence-corrected chi connectivity index (χ3v) is 4.10. The van der Waals surface area contributed by atoms with E-state index in [1.54, 1.807) is 18.5 Å². The highest BCUT2D eigenvalue weighted by atomic mass is 79.9. The van der Waals surface area contributed by atoms with E-state index in [1.807, 2.05) is 31.2 Å². The summed E-state index contributed by atoms with van der Waals surface area (Å²) in [5.74, 6) is 0. The molecule has 0 radical (unpaired) electrons. The van der Waals surface area contributed by atoms with Gasteiger partial charge in [0.25, 0.3) is 5.56 Å². The number of H-pyrrole nitrogens is 1. The molecule has 0 atom stereocenters. The standard InChI is InChI=1S/C16H11BrN4O/c1-9-6-11(4-5-18-9)21-16(22)13-8-19-14-7-10(17)2-3-12(14)15(13)20-21/h2-8,19H,1H3. The summed E-state index contributed by atoms with van der Waals surface area (Å²) in [5.41, 5.74) is 3.62. The molecule has 1 aromatic heterocycles. The van der Waals surface area contributed by atoms with Crippen LogP contribution in [0.25, 0.3) is 27.8 Å². The van der Waals surface area contributed by atoms with E-state index in [2.05, 4.69) is 31.0 Å². The lowest BCUT2D eigenvalue weighted by Gasteiger charge is -2.02. The molecule has 2 aliphatic rings. The van der Waals surface area contributed by atoms with Gasteiger partial charge in [-0.1, -0.05) is 15.9 Å². The maximum absolute atomic E-state index is 12.6. The van der Waals surface area contributed by atoms with Crippen molar-refractivity contribution in [1.82, 2.24) is 19.7 Å². The maximum Gasteiger partial charge on any atom is 0.282 e. The van der Waals surface area contributed by atoms with Crippen LogP contribution in [0.3, 0.4) is 0 Å². The van der Waals surface area contributed by atoms with Gasteiger partial charge in [-0.05, 0) is 37.3 Å². The SMILES string of the molecule is Cc1cc(-n2nc3c4ccc(Br)cc4[nH]cc-3c2=O)ccn1. The third kappa shape index (κ3) is 1.95. The zero-order chi connectivity index (χ0) is 15.3. The number of aryl methyl sites for hydroxylation is 1. The fourth-order valence-electron chi connectivity index (χ4n) is 2.57. The summed E-state index contributed by atoms with van der Waals surface area (Å²) in [4.78, 5) is 19.9. The van der Waals surface area contributed by atoms with Crippen LogP contribution in [0, 0.1) is 6.92 Å². The van der Waals surface area contributed by atoms with E-state index in [1.165, 1.54) is 4.68 Å². The number of nitrogens with zero attached hydrogens (tertiary/aromatic N) is 3. The molecule has 4 rings (SSSR count). The minimum absolute atomic E-state index is 0.137. The van der Waals surface area contributed by atoms with Gasteiger partial charge in [0.15, 0.2) is 0 Å². The van der Waals surface area contributed by atoms with Crippen molar-refractivity contribution in [3.63, 3.8) is 0 Å². The minimum atomic E-state index is -0.137. The minimum Gasteiger partial charge on any atom is -0.360 e. The Morgan fingerprint density at radius 3 is 2.91 bits per heavy atom. The maximum atomic E-state index is 12.6. The zero-order valence-corrected chi connectivity index (χ0v) is 13.3. The van der Waals surface area contributed by atoms with Crippen molar-refractivity contribution in [2.24, 2.45) is 0 Å². The van der Waals surface area contributed by atoms with Crippen molar-refractivity contribution in [3.8, 4) is 16.9 Å². The fourth-order valence-corrected chi connectivity index (χ4v) is 2.93. The predicted molar refractivity (Wildman–Crippen MR) is 88.5 cm³/mol. The van der Waals surface area contributed by atoms with Crippen LogP contribution in [-0.4, -0.2) is 19.7 Å². The number of nitrogens with one attached hydrogen (secondary N) is 1. The predicted octanol–water partition coefficient (Wildman–Crippen LogP) is 3.28. The van der Waals surface area contributed by atoms with Gasteiger partial charge in [-0.25, -0.2) is 0 Å². The average molecular weight is 355 g/mol. The quantitative estimate of drug-likeness (QED) is 0.570. The second kappa shape index (κ2) is 4.78. The first-order valence-electron chi connectivity index (χ1n) is 6.76. The monoisotopic (exact) mass is 354 g/mol. The Labute approximate surface area is 134 Å². The number of aromatic amines is 1. The van der Waals surface area contributed by atoms with Crippen molar-refractivity contribution in [2.45, 2.75) is 6.92 Å². The summed E-state index contributed by atoms with van der Waals surface area (Å²) in [5, 5.41) is 5.44. The van der Waals surface area contributed by atoms with E-state index < -0.39 is 0 Å². The van der Waals surface area contributed by atoms with Crippen LogP contribution in [0.5, 0.6) is 0 Å². The Balaban J connectivity index is 2.06. The van der Waals surface area contributed by atoms with Gasteiger partial charge >= 0.3 is 0 Å². The van der Waals surface area contributed by atoms with E-state index >= 15 is 0 Å². The van der Waals surface area contributed by atoms with Gasteiger partial charge in [-0.15, -0.1) is 0 Å². The molecule has 108 valence electrons. The molecule has 0 saturated heterocycles. The summed E-state index contributed by atoms with van der Waals surface area (Å²) in [6, 6.07) is 9.48. The second-order valence-corrected chi connectivity index (χ2v) is 6.03. The van der Waals surface area contributed by atoms with Gasteiger partial charge in [0, 0.05) is 33.5 Å². The lowest BCUT2D eigenvalue weighted by molar-refractivity contribution is 0.854. The van der Waals surface area contributed by atoms with Crippen LogP contribution < -0.4 is 5.56 Å². The largest absolute Gasteiger partial charge is 0.360 e. The molecule has 5 nitrogen and oxygen atoms in total. The summed E-state index contributed by atoms with van der Waals surface area (Å²) < 4.78 is 2.40. The summed E-state index contributed by atoms with van der Waals surface area (Å²) in [6.07, 6.45) is 3.39. The third-order valence-electron chi connectivity index (χ3n) is 3.61. The first-order valence-corrected chi connectivity index (χ1v) is 7.55. The van der Waals surface area contributed by atoms with E-state index in [9.17, 15) is 4.79 Å². The first-order chi connectivity index (χ1) is 10.6. The van der Waals surface area contributed by atoms with Crippen molar-refractivity contribution in [3.05, 3.63) is 63.2 Å². The number of rotatable bonds is 1. The van der Waals surface area contributed by atoms with Gasteiger partial charge in [0.1, 0.15) is 5.69 Å². The van der Waals surface area contributed by atoms with Crippen LogP contribution in [-0.2, 0) is 0 Å². The van der Waals surface area contributed by atoms with Gasteiger partial charge in [0.05, 0.1) is 11.3 Å². The van der Waals surface area contributed by atoms with E-state index in [-0.39, 0.29) is 5.56 Å². The van der Waals surface area contributed by atoms with Crippen LogP contribution in [0.2, 0.25) is 0 Å². The lowest BCUT2D eigenvalue weighted by atomic mass is 10.1. The zero-order valence-electron chi connectivity index (χ0n) is 11.7. The molecule has 2 aliphatic heterocycles. The topological polar surface area (TPSA) is 63.6 Å². The first kappa shape index (κ1) is 13.2. The van der Waals surface area contributed by atoms with Crippen molar-refractivity contribution in [2.75, 3.05) is 0 Å². The molecule has 3 heterocycles. The van der Waals surface area contributed by atoms with Crippen molar-refractivity contribution < 1.29 is 0 Å². The molecule has 0 bridgehead atoms. The Kier molecular flexibility index (Phi) is 2.87. The molecule has 1 aromatic carbocycles. The highest BCUT2D eigenvalue weighted by Crippen LogP contribution is 2.27. The van der Waals surface area contributed by atoms with Crippen LogP contribution in [0.1, 0.15) is 5.69 Å². The average Bonchev–Trinajstić information content (AvgIpc) is 2.84. The molecule has 0 saturated carbocycles. The Morgan fingerprint density at radius 2 is 2.09 bits per heavy atom. The van der Waals surface area contributed by atoms with Gasteiger partial charge in [-0.3, -0.25) is 9.78 Å². The number of halogens is 1. The Hall–Kier alpha value is -2.47. The Morgan fingerprint density at radius 1 is 1.23 bits per heavy atom. The number of pyridine rings is 2. The number of hydrogen-bond donors (Lipinski definition) is 1. The highest BCUT2D eigenvalue weighted by molar-refractivity contribution is 9.10.